The van der Waals surface area contributed by atoms with Gasteiger partial charge in [0.25, 0.3) is 0 Å². The van der Waals surface area contributed by atoms with Gasteiger partial charge in [-0.1, -0.05) is 31.2 Å². The number of nitrogens with one attached hydrogen (secondary N) is 1. The summed E-state index contributed by atoms with van der Waals surface area (Å²) in [6.07, 6.45) is 1.99. The summed E-state index contributed by atoms with van der Waals surface area (Å²) in [4.78, 5) is 6.80. The Hall–Kier alpha value is -1.61. The fourth-order valence-electron chi connectivity index (χ4n) is 2.09. The second kappa shape index (κ2) is 5.83. The molecule has 2 aromatic rings. The van der Waals surface area contributed by atoms with E-state index in [2.05, 4.69) is 60.4 Å². The first-order valence-electron chi connectivity index (χ1n) is 6.56. The Bertz CT molecular complexity index is 522. The summed E-state index contributed by atoms with van der Waals surface area (Å²) in [5.74, 6) is 1.06. The molecule has 0 fully saturated rings. The zero-order valence-electron chi connectivity index (χ0n) is 11.4. The van der Waals surface area contributed by atoms with E-state index < -0.39 is 0 Å². The highest BCUT2D eigenvalue weighted by Gasteiger charge is 2.09. The molecule has 3 heteroatoms. The van der Waals surface area contributed by atoms with Crippen LogP contribution in [-0.2, 0) is 6.54 Å². The highest BCUT2D eigenvalue weighted by molar-refractivity contribution is 5.94. The third-order valence-electron chi connectivity index (χ3n) is 3.26. The Morgan fingerprint density at radius 2 is 1.89 bits per heavy atom. The minimum absolute atomic E-state index is 0.875. The van der Waals surface area contributed by atoms with E-state index in [1.165, 1.54) is 16.3 Å². The number of hydrogen-bond acceptors (Lipinski definition) is 3. The molecular weight excluding hydrogens is 222 g/mol. The Labute approximate surface area is 109 Å². The number of fused-ring (bicyclic) bond motifs is 1. The number of aromatic nitrogens is 1. The van der Waals surface area contributed by atoms with Crippen LogP contribution in [0.1, 0.15) is 19.4 Å². The van der Waals surface area contributed by atoms with Crippen LogP contribution in [0.25, 0.3) is 10.8 Å². The van der Waals surface area contributed by atoms with Crippen molar-refractivity contribution in [2.75, 3.05) is 25.0 Å². The highest BCUT2D eigenvalue weighted by atomic mass is 15.2. The van der Waals surface area contributed by atoms with E-state index in [1.54, 1.807) is 0 Å². The third kappa shape index (κ3) is 2.46. The van der Waals surface area contributed by atoms with Gasteiger partial charge in [0.2, 0.25) is 0 Å². The fraction of sp³-hybridized carbons (Fsp3) is 0.400. The van der Waals surface area contributed by atoms with Gasteiger partial charge in [-0.3, -0.25) is 0 Å². The van der Waals surface area contributed by atoms with Gasteiger partial charge in [0.15, 0.2) is 0 Å². The predicted molar refractivity (Wildman–Crippen MR) is 78.1 cm³/mol. The molecule has 96 valence electrons. The summed E-state index contributed by atoms with van der Waals surface area (Å²) >= 11 is 0. The summed E-state index contributed by atoms with van der Waals surface area (Å²) in [5.41, 5.74) is 1.26. The van der Waals surface area contributed by atoms with Crippen LogP contribution in [0.4, 0.5) is 5.82 Å². The van der Waals surface area contributed by atoms with Gasteiger partial charge < -0.3 is 10.2 Å². The third-order valence-corrected chi connectivity index (χ3v) is 3.26. The van der Waals surface area contributed by atoms with E-state index in [1.807, 2.05) is 6.20 Å². The zero-order valence-corrected chi connectivity index (χ0v) is 11.4. The maximum absolute atomic E-state index is 4.62. The van der Waals surface area contributed by atoms with Crippen molar-refractivity contribution >= 4 is 16.6 Å². The molecule has 0 aliphatic heterocycles. The quantitative estimate of drug-likeness (QED) is 0.875. The molecule has 0 bridgehead atoms. The Morgan fingerprint density at radius 1 is 1.17 bits per heavy atom. The van der Waals surface area contributed by atoms with Gasteiger partial charge in [0.05, 0.1) is 0 Å². The predicted octanol–water partition coefficient (Wildman–Crippen LogP) is 2.80. The van der Waals surface area contributed by atoms with Crippen LogP contribution in [0.2, 0.25) is 0 Å². The summed E-state index contributed by atoms with van der Waals surface area (Å²) in [7, 11) is 2.08. The summed E-state index contributed by atoms with van der Waals surface area (Å²) in [6, 6.07) is 8.50. The molecule has 1 aromatic heterocycles. The van der Waals surface area contributed by atoms with Crippen LogP contribution in [0, 0.1) is 0 Å². The topological polar surface area (TPSA) is 28.2 Å². The van der Waals surface area contributed by atoms with E-state index in [0.717, 1.165) is 25.5 Å². The van der Waals surface area contributed by atoms with Crippen molar-refractivity contribution in [1.29, 1.82) is 0 Å². The van der Waals surface area contributed by atoms with Crippen LogP contribution in [-0.4, -0.2) is 25.1 Å². The summed E-state index contributed by atoms with van der Waals surface area (Å²) in [5, 5.41) is 5.89. The number of rotatable bonds is 5. The maximum atomic E-state index is 4.62. The molecule has 1 aromatic carbocycles. The molecule has 0 saturated heterocycles. The van der Waals surface area contributed by atoms with Crippen LogP contribution in [0.5, 0.6) is 0 Å². The Kier molecular flexibility index (Phi) is 4.15. The van der Waals surface area contributed by atoms with Crippen LogP contribution in [0.3, 0.4) is 0 Å². The SMILES string of the molecule is CCNCc1cnc(N(C)CC)c2ccccc12. The number of hydrogen-bond donors (Lipinski definition) is 1. The normalized spacial score (nSPS) is 10.8. The molecule has 2 rings (SSSR count). The van der Waals surface area contributed by atoms with Crippen LogP contribution in [0.15, 0.2) is 30.5 Å². The van der Waals surface area contributed by atoms with E-state index in [9.17, 15) is 0 Å². The summed E-state index contributed by atoms with van der Waals surface area (Å²) < 4.78 is 0. The monoisotopic (exact) mass is 243 g/mol. The fourth-order valence-corrected chi connectivity index (χ4v) is 2.09. The first-order chi connectivity index (χ1) is 8.77. The number of pyridine rings is 1. The largest absolute Gasteiger partial charge is 0.359 e. The molecule has 0 aliphatic rings. The molecule has 18 heavy (non-hydrogen) atoms. The zero-order chi connectivity index (χ0) is 13.0. The van der Waals surface area contributed by atoms with E-state index >= 15 is 0 Å². The number of benzene rings is 1. The molecule has 1 N–H and O–H groups in total. The first-order valence-corrected chi connectivity index (χ1v) is 6.56. The average Bonchev–Trinajstić information content (AvgIpc) is 2.43. The van der Waals surface area contributed by atoms with Gasteiger partial charge in [0, 0.05) is 31.7 Å². The molecule has 1 heterocycles. The molecule has 3 nitrogen and oxygen atoms in total. The molecule has 0 spiro atoms. The lowest BCUT2D eigenvalue weighted by molar-refractivity contribution is 0.728. The van der Waals surface area contributed by atoms with Crippen molar-refractivity contribution in [2.45, 2.75) is 20.4 Å². The number of anilines is 1. The molecule has 0 aliphatic carbocycles. The van der Waals surface area contributed by atoms with E-state index in [-0.39, 0.29) is 0 Å². The first kappa shape index (κ1) is 12.8. The molecular formula is C15H21N3. The Balaban J connectivity index is 2.51. The second-order valence-electron chi connectivity index (χ2n) is 4.45. The minimum Gasteiger partial charge on any atom is -0.359 e. The Morgan fingerprint density at radius 3 is 2.56 bits per heavy atom. The second-order valence-corrected chi connectivity index (χ2v) is 4.45. The lowest BCUT2D eigenvalue weighted by Crippen LogP contribution is -2.18. The van der Waals surface area contributed by atoms with Crippen molar-refractivity contribution in [2.24, 2.45) is 0 Å². The highest BCUT2D eigenvalue weighted by Crippen LogP contribution is 2.26. The van der Waals surface area contributed by atoms with E-state index in [0.29, 0.717) is 0 Å². The molecule has 0 atom stereocenters. The summed E-state index contributed by atoms with van der Waals surface area (Å²) in [6.45, 7) is 7.08. The van der Waals surface area contributed by atoms with Crippen molar-refractivity contribution in [3.05, 3.63) is 36.0 Å². The van der Waals surface area contributed by atoms with Crippen LogP contribution >= 0.6 is 0 Å². The minimum atomic E-state index is 0.875. The number of nitrogens with zero attached hydrogens (tertiary/aromatic N) is 2. The van der Waals surface area contributed by atoms with Crippen molar-refractivity contribution in [1.82, 2.24) is 10.3 Å². The molecule has 0 radical (unpaired) electrons. The molecule has 0 unspecified atom stereocenters. The molecule has 0 amide bonds. The molecule has 0 saturated carbocycles. The lowest BCUT2D eigenvalue weighted by Gasteiger charge is -2.19. The van der Waals surface area contributed by atoms with Crippen molar-refractivity contribution in [3.63, 3.8) is 0 Å². The van der Waals surface area contributed by atoms with Gasteiger partial charge in [-0.05, 0) is 24.4 Å². The van der Waals surface area contributed by atoms with Crippen molar-refractivity contribution < 1.29 is 0 Å². The average molecular weight is 243 g/mol. The van der Waals surface area contributed by atoms with Crippen LogP contribution < -0.4 is 10.2 Å². The van der Waals surface area contributed by atoms with Crippen molar-refractivity contribution in [3.8, 4) is 0 Å². The van der Waals surface area contributed by atoms with Gasteiger partial charge >= 0.3 is 0 Å². The van der Waals surface area contributed by atoms with E-state index in [4.69, 9.17) is 0 Å². The van der Waals surface area contributed by atoms with Gasteiger partial charge in [-0.25, -0.2) is 4.98 Å². The smallest absolute Gasteiger partial charge is 0.136 e. The lowest BCUT2D eigenvalue weighted by atomic mass is 10.1. The van der Waals surface area contributed by atoms with Gasteiger partial charge in [-0.2, -0.15) is 0 Å². The standard InChI is InChI=1S/C15H21N3/c1-4-16-10-12-11-17-15(18(3)5-2)14-9-7-6-8-13(12)14/h6-9,11,16H,4-5,10H2,1-3H3. The van der Waals surface area contributed by atoms with Gasteiger partial charge in [0.1, 0.15) is 5.82 Å². The maximum Gasteiger partial charge on any atom is 0.136 e. The van der Waals surface area contributed by atoms with Gasteiger partial charge in [-0.15, -0.1) is 0 Å².